The van der Waals surface area contributed by atoms with Crippen molar-refractivity contribution in [1.29, 1.82) is 0 Å². The van der Waals surface area contributed by atoms with Crippen LogP contribution in [0.1, 0.15) is 38.2 Å². The predicted octanol–water partition coefficient (Wildman–Crippen LogP) is 3.76. The molecule has 1 spiro atoms. The van der Waals surface area contributed by atoms with E-state index in [1.165, 1.54) is 31.2 Å². The van der Waals surface area contributed by atoms with E-state index in [0.29, 0.717) is 5.41 Å². The predicted molar refractivity (Wildman–Crippen MR) is 72.6 cm³/mol. The molecular formula is C15H20ClN. The molecule has 3 rings (SSSR count). The second-order valence-corrected chi connectivity index (χ2v) is 6.36. The molecule has 17 heavy (non-hydrogen) atoms. The van der Waals surface area contributed by atoms with Crippen LogP contribution < -0.4 is 5.32 Å². The van der Waals surface area contributed by atoms with Crippen molar-refractivity contribution in [3.8, 4) is 0 Å². The smallest absolute Gasteiger partial charge is 0.0406 e. The van der Waals surface area contributed by atoms with Gasteiger partial charge in [-0.3, -0.25) is 0 Å². The van der Waals surface area contributed by atoms with E-state index in [0.717, 1.165) is 23.5 Å². The van der Waals surface area contributed by atoms with Crippen molar-refractivity contribution in [1.82, 2.24) is 5.32 Å². The highest BCUT2D eigenvalue weighted by Gasteiger charge is 2.60. The number of rotatable bonds is 4. The molecule has 1 nitrogen and oxygen atoms in total. The fourth-order valence-electron chi connectivity index (χ4n) is 3.51. The van der Waals surface area contributed by atoms with E-state index in [4.69, 9.17) is 11.6 Å². The van der Waals surface area contributed by atoms with Crippen LogP contribution in [-0.4, -0.2) is 13.1 Å². The molecule has 0 atom stereocenters. The summed E-state index contributed by atoms with van der Waals surface area (Å²) in [6, 6.07) is 8.49. The molecule has 2 fully saturated rings. The number of hydrogen-bond donors (Lipinski definition) is 1. The maximum atomic E-state index is 5.98. The standard InChI is InChI=1S/C15H20ClN/c1-2-17-11-15(9-14(10-15)7-8-14)12-3-5-13(16)6-4-12/h3-6,17H,2,7-11H2,1H3. The number of halogens is 1. The third-order valence-electron chi connectivity index (χ3n) is 4.55. The molecule has 0 unspecified atom stereocenters. The van der Waals surface area contributed by atoms with Crippen molar-refractivity contribution in [2.45, 2.75) is 38.0 Å². The number of hydrogen-bond acceptors (Lipinski definition) is 1. The van der Waals surface area contributed by atoms with Crippen LogP contribution in [0.15, 0.2) is 24.3 Å². The van der Waals surface area contributed by atoms with E-state index >= 15 is 0 Å². The van der Waals surface area contributed by atoms with E-state index in [1.54, 1.807) is 0 Å². The minimum Gasteiger partial charge on any atom is -0.316 e. The van der Waals surface area contributed by atoms with Gasteiger partial charge in [-0.25, -0.2) is 0 Å². The second-order valence-electron chi connectivity index (χ2n) is 5.92. The first-order chi connectivity index (χ1) is 8.18. The minimum atomic E-state index is 0.386. The first-order valence-electron chi connectivity index (χ1n) is 6.65. The molecule has 2 saturated carbocycles. The normalized spacial score (nSPS) is 23.4. The summed E-state index contributed by atoms with van der Waals surface area (Å²) in [6.07, 6.45) is 5.65. The lowest BCUT2D eigenvalue weighted by Gasteiger charge is -2.49. The third kappa shape index (κ3) is 2.00. The second kappa shape index (κ2) is 4.00. The Bertz CT molecular complexity index is 397. The Morgan fingerprint density at radius 3 is 2.35 bits per heavy atom. The Balaban J connectivity index is 1.81. The molecule has 0 aliphatic heterocycles. The lowest BCUT2D eigenvalue weighted by Crippen LogP contribution is -2.49. The first kappa shape index (κ1) is 11.6. The summed E-state index contributed by atoms with van der Waals surface area (Å²) >= 11 is 5.98. The number of benzene rings is 1. The van der Waals surface area contributed by atoms with E-state index in [1.807, 2.05) is 12.1 Å². The quantitative estimate of drug-likeness (QED) is 0.857. The van der Waals surface area contributed by atoms with Gasteiger partial charge in [0.05, 0.1) is 0 Å². The molecule has 0 amide bonds. The first-order valence-corrected chi connectivity index (χ1v) is 7.03. The number of nitrogens with one attached hydrogen (secondary N) is 1. The molecule has 0 aromatic heterocycles. The fourth-order valence-corrected chi connectivity index (χ4v) is 3.64. The maximum absolute atomic E-state index is 5.98. The molecule has 1 N–H and O–H groups in total. The van der Waals surface area contributed by atoms with Gasteiger partial charge < -0.3 is 5.32 Å². The third-order valence-corrected chi connectivity index (χ3v) is 4.81. The highest BCUT2D eigenvalue weighted by molar-refractivity contribution is 6.30. The van der Waals surface area contributed by atoms with Crippen molar-refractivity contribution in [2.75, 3.05) is 13.1 Å². The van der Waals surface area contributed by atoms with Crippen LogP contribution in [0.4, 0.5) is 0 Å². The molecular weight excluding hydrogens is 230 g/mol. The summed E-state index contributed by atoms with van der Waals surface area (Å²) in [7, 11) is 0. The van der Waals surface area contributed by atoms with Gasteiger partial charge in [0, 0.05) is 17.0 Å². The lowest BCUT2D eigenvalue weighted by molar-refractivity contribution is 0.117. The molecule has 92 valence electrons. The van der Waals surface area contributed by atoms with Crippen LogP contribution in [0.3, 0.4) is 0 Å². The Kier molecular flexibility index (Phi) is 2.72. The van der Waals surface area contributed by atoms with Gasteiger partial charge in [0.1, 0.15) is 0 Å². The summed E-state index contributed by atoms with van der Waals surface area (Å²) in [5.41, 5.74) is 2.59. The summed E-state index contributed by atoms with van der Waals surface area (Å²) in [6.45, 7) is 4.36. The fraction of sp³-hybridized carbons (Fsp3) is 0.600. The average Bonchev–Trinajstić information content (AvgIpc) is 3.06. The van der Waals surface area contributed by atoms with Gasteiger partial charge in [-0.15, -0.1) is 0 Å². The SMILES string of the molecule is CCNCC1(c2ccc(Cl)cc2)CC2(CC2)C1. The zero-order valence-electron chi connectivity index (χ0n) is 10.4. The molecule has 2 aliphatic rings. The minimum absolute atomic E-state index is 0.386. The zero-order valence-corrected chi connectivity index (χ0v) is 11.2. The summed E-state index contributed by atoms with van der Waals surface area (Å²) in [4.78, 5) is 0. The zero-order chi connectivity index (χ0) is 11.9. The number of likely N-dealkylation sites (N-methyl/N-ethyl adjacent to an activating group) is 1. The van der Waals surface area contributed by atoms with Crippen LogP contribution in [0, 0.1) is 5.41 Å². The molecule has 2 aliphatic carbocycles. The highest BCUT2D eigenvalue weighted by atomic mass is 35.5. The Labute approximate surface area is 109 Å². The molecule has 1 aromatic rings. The Hall–Kier alpha value is -0.530. The lowest BCUT2D eigenvalue weighted by atomic mass is 9.56. The molecule has 0 heterocycles. The molecule has 1 aromatic carbocycles. The van der Waals surface area contributed by atoms with Gasteiger partial charge in [0.25, 0.3) is 0 Å². The molecule has 2 heteroatoms. The van der Waals surface area contributed by atoms with E-state index < -0.39 is 0 Å². The highest BCUT2D eigenvalue weighted by Crippen LogP contribution is 2.68. The van der Waals surface area contributed by atoms with Gasteiger partial charge in [-0.05, 0) is 55.3 Å². The van der Waals surface area contributed by atoms with Crippen molar-refractivity contribution in [3.63, 3.8) is 0 Å². The molecule has 0 saturated heterocycles. The average molecular weight is 250 g/mol. The summed E-state index contributed by atoms with van der Waals surface area (Å²) in [5.74, 6) is 0. The summed E-state index contributed by atoms with van der Waals surface area (Å²) < 4.78 is 0. The van der Waals surface area contributed by atoms with Gasteiger partial charge in [0.15, 0.2) is 0 Å². The maximum Gasteiger partial charge on any atom is 0.0406 e. The van der Waals surface area contributed by atoms with E-state index in [2.05, 4.69) is 24.4 Å². The van der Waals surface area contributed by atoms with Crippen molar-refractivity contribution >= 4 is 11.6 Å². The van der Waals surface area contributed by atoms with Crippen molar-refractivity contribution < 1.29 is 0 Å². The summed E-state index contributed by atoms with van der Waals surface area (Å²) in [5, 5.41) is 4.38. The van der Waals surface area contributed by atoms with Gasteiger partial charge >= 0.3 is 0 Å². The molecule has 0 radical (unpaired) electrons. The van der Waals surface area contributed by atoms with Crippen LogP contribution in [0.5, 0.6) is 0 Å². The molecule has 0 bridgehead atoms. The van der Waals surface area contributed by atoms with E-state index in [9.17, 15) is 0 Å². The van der Waals surface area contributed by atoms with Gasteiger partial charge in [0.2, 0.25) is 0 Å². The Morgan fingerprint density at radius 2 is 1.82 bits per heavy atom. The van der Waals surface area contributed by atoms with Gasteiger partial charge in [-0.1, -0.05) is 30.7 Å². The van der Waals surface area contributed by atoms with Crippen molar-refractivity contribution in [3.05, 3.63) is 34.9 Å². The monoisotopic (exact) mass is 249 g/mol. The largest absolute Gasteiger partial charge is 0.316 e. The van der Waals surface area contributed by atoms with Crippen LogP contribution in [-0.2, 0) is 5.41 Å². The van der Waals surface area contributed by atoms with Crippen LogP contribution in [0.2, 0.25) is 5.02 Å². The Morgan fingerprint density at radius 1 is 1.18 bits per heavy atom. The topological polar surface area (TPSA) is 12.0 Å². The van der Waals surface area contributed by atoms with Crippen LogP contribution >= 0.6 is 11.6 Å². The van der Waals surface area contributed by atoms with E-state index in [-0.39, 0.29) is 0 Å². The van der Waals surface area contributed by atoms with Gasteiger partial charge in [-0.2, -0.15) is 0 Å². The van der Waals surface area contributed by atoms with Crippen LogP contribution in [0.25, 0.3) is 0 Å². The van der Waals surface area contributed by atoms with Crippen molar-refractivity contribution in [2.24, 2.45) is 5.41 Å².